The minimum absolute atomic E-state index is 0.263. The third kappa shape index (κ3) is 2.21. The topological polar surface area (TPSA) is 102 Å². The molecule has 1 fully saturated rings. The maximum absolute atomic E-state index is 12.5. The lowest BCUT2D eigenvalue weighted by Gasteiger charge is -2.22. The van der Waals surface area contributed by atoms with E-state index >= 15 is 0 Å². The second-order valence-corrected chi connectivity index (χ2v) is 6.70. The lowest BCUT2D eigenvalue weighted by atomic mass is 10.2. The number of hydrogen-bond acceptors (Lipinski definition) is 5. The molecule has 1 aliphatic heterocycles. The molecule has 2 rings (SSSR count). The fourth-order valence-corrected chi connectivity index (χ4v) is 4.22. The van der Waals surface area contributed by atoms with Crippen LogP contribution in [-0.4, -0.2) is 46.2 Å². The Morgan fingerprint density at radius 1 is 1.35 bits per heavy atom. The average molecular weight is 303 g/mol. The predicted molar refractivity (Wildman–Crippen MR) is 70.9 cm³/mol. The number of aliphatic hydroxyl groups is 1. The Morgan fingerprint density at radius 2 is 2.00 bits per heavy atom. The van der Waals surface area contributed by atoms with Crippen LogP contribution >= 0.6 is 0 Å². The number of hydrogen-bond donors (Lipinski definition) is 1. The number of aliphatic hydroxyl groups excluding tert-OH is 1. The van der Waals surface area contributed by atoms with E-state index in [1.54, 1.807) is 0 Å². The zero-order valence-electron chi connectivity index (χ0n) is 11.3. The number of aromatic nitrogens is 2. The third-order valence-electron chi connectivity index (χ3n) is 3.54. The van der Waals surface area contributed by atoms with Crippen LogP contribution in [0.1, 0.15) is 12.8 Å². The fourth-order valence-electron chi connectivity index (χ4n) is 2.39. The van der Waals surface area contributed by atoms with Crippen molar-refractivity contribution in [3.8, 4) is 0 Å². The highest BCUT2D eigenvalue weighted by Gasteiger charge is 2.37. The van der Waals surface area contributed by atoms with Crippen molar-refractivity contribution in [2.75, 3.05) is 13.2 Å². The van der Waals surface area contributed by atoms with Crippen LogP contribution in [0.25, 0.3) is 0 Å². The molecule has 0 aliphatic carbocycles. The van der Waals surface area contributed by atoms with E-state index in [0.717, 1.165) is 19.6 Å². The van der Waals surface area contributed by atoms with Crippen LogP contribution in [0.4, 0.5) is 0 Å². The van der Waals surface area contributed by atoms with E-state index in [2.05, 4.69) is 0 Å². The van der Waals surface area contributed by atoms with E-state index < -0.39 is 32.2 Å². The first kappa shape index (κ1) is 14.9. The SMILES string of the molecule is Cn1cc(S(=O)(=O)N2CCC[C@H]2CO)c(=O)n(C)c1=O. The molecule has 0 saturated carbocycles. The maximum Gasteiger partial charge on any atom is 0.330 e. The highest BCUT2D eigenvalue weighted by atomic mass is 32.2. The molecule has 1 aromatic heterocycles. The molecule has 1 atom stereocenters. The molecule has 20 heavy (non-hydrogen) atoms. The molecule has 0 unspecified atom stereocenters. The van der Waals surface area contributed by atoms with E-state index in [1.807, 2.05) is 0 Å². The third-order valence-corrected chi connectivity index (χ3v) is 5.47. The van der Waals surface area contributed by atoms with Crippen LogP contribution in [0.3, 0.4) is 0 Å². The van der Waals surface area contributed by atoms with Crippen molar-refractivity contribution in [3.05, 3.63) is 27.0 Å². The normalized spacial score (nSPS) is 20.4. The van der Waals surface area contributed by atoms with Gasteiger partial charge < -0.3 is 9.67 Å². The largest absolute Gasteiger partial charge is 0.395 e. The number of rotatable bonds is 3. The molecule has 9 heteroatoms. The molecule has 0 amide bonds. The van der Waals surface area contributed by atoms with Crippen molar-refractivity contribution in [2.24, 2.45) is 14.1 Å². The van der Waals surface area contributed by atoms with Crippen LogP contribution in [0.15, 0.2) is 20.7 Å². The first-order valence-electron chi connectivity index (χ1n) is 6.20. The summed E-state index contributed by atoms with van der Waals surface area (Å²) >= 11 is 0. The first-order chi connectivity index (χ1) is 9.30. The van der Waals surface area contributed by atoms with Crippen molar-refractivity contribution >= 4 is 10.0 Å². The first-order valence-corrected chi connectivity index (χ1v) is 7.64. The Hall–Kier alpha value is -1.45. The molecule has 1 N–H and O–H groups in total. The van der Waals surface area contributed by atoms with Gasteiger partial charge in [-0.05, 0) is 12.8 Å². The van der Waals surface area contributed by atoms with E-state index in [1.165, 1.54) is 14.1 Å². The predicted octanol–water partition coefficient (Wildman–Crippen LogP) is -1.77. The van der Waals surface area contributed by atoms with E-state index in [9.17, 15) is 23.1 Å². The zero-order valence-corrected chi connectivity index (χ0v) is 12.1. The molecule has 0 radical (unpaired) electrons. The minimum Gasteiger partial charge on any atom is -0.395 e. The summed E-state index contributed by atoms with van der Waals surface area (Å²) in [5.74, 6) is 0. The van der Waals surface area contributed by atoms with Gasteiger partial charge in [-0.2, -0.15) is 4.31 Å². The van der Waals surface area contributed by atoms with Crippen LogP contribution < -0.4 is 11.2 Å². The number of nitrogens with zero attached hydrogens (tertiary/aromatic N) is 3. The van der Waals surface area contributed by atoms with Crippen LogP contribution in [-0.2, 0) is 24.1 Å². The van der Waals surface area contributed by atoms with Gasteiger partial charge in [0.25, 0.3) is 5.56 Å². The maximum atomic E-state index is 12.5. The van der Waals surface area contributed by atoms with Crippen molar-refractivity contribution in [1.82, 2.24) is 13.4 Å². The summed E-state index contributed by atoms with van der Waals surface area (Å²) in [5, 5.41) is 9.22. The Labute approximate surface area is 115 Å². The van der Waals surface area contributed by atoms with Gasteiger partial charge in [-0.25, -0.2) is 13.2 Å². The molecule has 112 valence electrons. The summed E-state index contributed by atoms with van der Waals surface area (Å²) < 4.78 is 28.0. The van der Waals surface area contributed by atoms with Gasteiger partial charge in [0.05, 0.1) is 6.61 Å². The number of aryl methyl sites for hydroxylation is 1. The summed E-state index contributed by atoms with van der Waals surface area (Å²) in [4.78, 5) is 23.2. The van der Waals surface area contributed by atoms with Gasteiger partial charge >= 0.3 is 5.69 Å². The molecule has 2 heterocycles. The van der Waals surface area contributed by atoms with Gasteiger partial charge in [-0.15, -0.1) is 0 Å². The lowest BCUT2D eigenvalue weighted by Crippen LogP contribution is -2.44. The molecular formula is C11H17N3O5S. The van der Waals surface area contributed by atoms with Crippen molar-refractivity contribution in [3.63, 3.8) is 0 Å². The fraction of sp³-hybridized carbons (Fsp3) is 0.636. The molecule has 1 saturated heterocycles. The standard InChI is InChI=1S/C11H17N3O5S/c1-12-6-9(10(16)13(2)11(12)17)20(18,19)14-5-3-4-8(14)7-15/h6,8,15H,3-5,7H2,1-2H3/t8-/m0/s1. The van der Waals surface area contributed by atoms with Crippen molar-refractivity contribution < 1.29 is 13.5 Å². The molecule has 8 nitrogen and oxygen atoms in total. The summed E-state index contributed by atoms with van der Waals surface area (Å²) in [6, 6.07) is -0.512. The van der Waals surface area contributed by atoms with Gasteiger partial charge in [-0.3, -0.25) is 9.36 Å². The molecule has 0 aromatic carbocycles. The molecule has 1 aliphatic rings. The van der Waals surface area contributed by atoms with Gasteiger partial charge in [0.15, 0.2) is 4.90 Å². The average Bonchev–Trinajstić information content (AvgIpc) is 2.89. The Morgan fingerprint density at radius 3 is 2.60 bits per heavy atom. The molecule has 0 spiro atoms. The highest BCUT2D eigenvalue weighted by molar-refractivity contribution is 7.89. The summed E-state index contributed by atoms with van der Waals surface area (Å²) in [7, 11) is -1.40. The summed E-state index contributed by atoms with van der Waals surface area (Å²) in [6.45, 7) is -0.0230. The summed E-state index contributed by atoms with van der Waals surface area (Å²) in [5.41, 5.74) is -1.44. The second-order valence-electron chi connectivity index (χ2n) is 4.85. The second kappa shape index (κ2) is 5.15. The number of sulfonamides is 1. The Kier molecular flexibility index (Phi) is 3.85. The van der Waals surface area contributed by atoms with Gasteiger partial charge in [0.2, 0.25) is 10.0 Å². The Bertz CT molecular complexity index is 733. The quantitative estimate of drug-likeness (QED) is 0.712. The van der Waals surface area contributed by atoms with Crippen molar-refractivity contribution in [1.29, 1.82) is 0 Å². The van der Waals surface area contributed by atoms with Gasteiger partial charge in [0, 0.05) is 32.9 Å². The van der Waals surface area contributed by atoms with Crippen LogP contribution in [0.2, 0.25) is 0 Å². The van der Waals surface area contributed by atoms with Crippen molar-refractivity contribution in [2.45, 2.75) is 23.8 Å². The van der Waals surface area contributed by atoms with Crippen LogP contribution in [0.5, 0.6) is 0 Å². The van der Waals surface area contributed by atoms with E-state index in [0.29, 0.717) is 12.8 Å². The minimum atomic E-state index is -4.01. The van der Waals surface area contributed by atoms with Gasteiger partial charge in [0.1, 0.15) is 0 Å². The van der Waals surface area contributed by atoms with Gasteiger partial charge in [-0.1, -0.05) is 0 Å². The molecular weight excluding hydrogens is 286 g/mol. The summed E-state index contributed by atoms with van der Waals surface area (Å²) in [6.07, 6.45) is 2.23. The van der Waals surface area contributed by atoms with E-state index in [-0.39, 0.29) is 13.2 Å². The molecule has 1 aromatic rings. The lowest BCUT2D eigenvalue weighted by molar-refractivity contribution is 0.213. The monoisotopic (exact) mass is 303 g/mol. The Balaban J connectivity index is 2.62. The zero-order chi connectivity index (χ0) is 15.1. The van der Waals surface area contributed by atoms with Crippen LogP contribution in [0, 0.1) is 0 Å². The molecule has 0 bridgehead atoms. The smallest absolute Gasteiger partial charge is 0.330 e. The van der Waals surface area contributed by atoms with E-state index in [4.69, 9.17) is 0 Å². The highest BCUT2D eigenvalue weighted by Crippen LogP contribution is 2.23.